The van der Waals surface area contributed by atoms with Crippen molar-refractivity contribution in [2.75, 3.05) is 18.8 Å². The van der Waals surface area contributed by atoms with Crippen LogP contribution in [0.5, 0.6) is 0 Å². The van der Waals surface area contributed by atoms with Crippen LogP contribution in [0.2, 0.25) is 0 Å². The minimum atomic E-state index is -3.04. The van der Waals surface area contributed by atoms with Crippen molar-refractivity contribution in [3.05, 3.63) is 0 Å². The highest BCUT2D eigenvalue weighted by atomic mass is 32.2. The summed E-state index contributed by atoms with van der Waals surface area (Å²) in [4.78, 5) is 0. The molecule has 15 heavy (non-hydrogen) atoms. The number of unbranched alkanes of at least 4 members (excludes halogenated alkanes) is 1. The summed E-state index contributed by atoms with van der Waals surface area (Å²) in [5.74, 6) is 0.978. The second-order valence-corrected chi connectivity index (χ2v) is 6.22. The van der Waals surface area contributed by atoms with Crippen LogP contribution in [0.4, 0.5) is 0 Å². The molecule has 0 aromatic rings. The molecule has 3 N–H and O–H groups in total. The zero-order valence-electron chi connectivity index (χ0n) is 9.24. The molecular formula is C10H22N2O2S. The van der Waals surface area contributed by atoms with Crippen molar-refractivity contribution in [3.8, 4) is 0 Å². The maximum Gasteiger partial charge on any atom is 0.211 e. The summed E-state index contributed by atoms with van der Waals surface area (Å²) in [6, 6.07) is 0. The first-order valence-electron chi connectivity index (χ1n) is 5.81. The van der Waals surface area contributed by atoms with Crippen molar-refractivity contribution in [3.63, 3.8) is 0 Å². The van der Waals surface area contributed by atoms with Gasteiger partial charge in [-0.25, -0.2) is 13.1 Å². The monoisotopic (exact) mass is 234 g/mol. The number of sulfonamides is 1. The smallest absolute Gasteiger partial charge is 0.211 e. The van der Waals surface area contributed by atoms with Gasteiger partial charge in [0, 0.05) is 6.54 Å². The van der Waals surface area contributed by atoms with Crippen LogP contribution in [0, 0.1) is 5.92 Å². The van der Waals surface area contributed by atoms with Crippen molar-refractivity contribution in [2.24, 2.45) is 11.7 Å². The Balaban J connectivity index is 2.06. The molecule has 0 aromatic heterocycles. The summed E-state index contributed by atoms with van der Waals surface area (Å²) >= 11 is 0. The second kappa shape index (κ2) is 6.45. The Hall–Kier alpha value is -0.130. The van der Waals surface area contributed by atoms with Crippen LogP contribution in [-0.2, 0) is 10.0 Å². The van der Waals surface area contributed by atoms with Gasteiger partial charge in [-0.15, -0.1) is 0 Å². The van der Waals surface area contributed by atoms with E-state index in [-0.39, 0.29) is 5.75 Å². The molecule has 0 heterocycles. The second-order valence-electron chi connectivity index (χ2n) is 4.29. The molecule has 0 aromatic carbocycles. The van der Waals surface area contributed by atoms with E-state index in [9.17, 15) is 8.42 Å². The van der Waals surface area contributed by atoms with E-state index in [2.05, 4.69) is 4.72 Å². The Kier molecular flexibility index (Phi) is 5.56. The first-order valence-corrected chi connectivity index (χ1v) is 7.46. The van der Waals surface area contributed by atoms with Crippen LogP contribution in [0.1, 0.15) is 38.5 Å². The summed E-state index contributed by atoms with van der Waals surface area (Å²) in [6.45, 7) is 1.17. The lowest BCUT2D eigenvalue weighted by Crippen LogP contribution is -2.29. The van der Waals surface area contributed by atoms with Crippen LogP contribution in [0.3, 0.4) is 0 Å². The molecule has 0 amide bonds. The number of nitrogens with two attached hydrogens (primary N) is 1. The van der Waals surface area contributed by atoms with Gasteiger partial charge in [0.05, 0.1) is 5.75 Å². The normalized spacial score (nSPS) is 17.7. The zero-order valence-corrected chi connectivity index (χ0v) is 10.1. The van der Waals surface area contributed by atoms with Gasteiger partial charge in [0.1, 0.15) is 0 Å². The van der Waals surface area contributed by atoms with E-state index < -0.39 is 10.0 Å². The van der Waals surface area contributed by atoms with Gasteiger partial charge in [0.15, 0.2) is 0 Å². The average molecular weight is 234 g/mol. The lowest BCUT2D eigenvalue weighted by Gasteiger charge is -2.25. The van der Waals surface area contributed by atoms with Crippen LogP contribution >= 0.6 is 0 Å². The maximum absolute atomic E-state index is 11.4. The SMILES string of the molecule is NCCCCS(=O)(=O)NCCC1CCC1. The molecule has 5 heteroatoms. The van der Waals surface area contributed by atoms with Gasteiger partial charge in [-0.1, -0.05) is 19.3 Å². The number of rotatable bonds is 8. The fraction of sp³-hybridized carbons (Fsp3) is 1.00. The predicted octanol–water partition coefficient (Wildman–Crippen LogP) is 0.835. The van der Waals surface area contributed by atoms with E-state index >= 15 is 0 Å². The molecule has 1 fully saturated rings. The van der Waals surface area contributed by atoms with Crippen molar-refractivity contribution >= 4 is 10.0 Å². The first kappa shape index (κ1) is 12.9. The van der Waals surface area contributed by atoms with Gasteiger partial charge in [0.25, 0.3) is 0 Å². The summed E-state index contributed by atoms with van der Waals surface area (Å²) in [6.07, 6.45) is 6.30. The summed E-state index contributed by atoms with van der Waals surface area (Å²) in [5, 5.41) is 0. The van der Waals surface area contributed by atoms with Gasteiger partial charge in [0.2, 0.25) is 10.0 Å². The summed E-state index contributed by atoms with van der Waals surface area (Å²) < 4.78 is 25.5. The van der Waals surface area contributed by atoms with E-state index in [4.69, 9.17) is 5.73 Å². The molecule has 1 aliphatic carbocycles. The van der Waals surface area contributed by atoms with E-state index in [1.54, 1.807) is 0 Å². The fourth-order valence-electron chi connectivity index (χ4n) is 1.71. The molecule has 4 nitrogen and oxygen atoms in total. The molecule has 0 saturated heterocycles. The molecular weight excluding hydrogens is 212 g/mol. The van der Waals surface area contributed by atoms with Gasteiger partial charge >= 0.3 is 0 Å². The highest BCUT2D eigenvalue weighted by molar-refractivity contribution is 7.89. The Morgan fingerprint density at radius 2 is 2.00 bits per heavy atom. The minimum Gasteiger partial charge on any atom is -0.330 e. The number of nitrogens with one attached hydrogen (secondary N) is 1. The standard InChI is InChI=1S/C10H22N2O2S/c11-7-1-2-9-15(13,14)12-8-6-10-4-3-5-10/h10,12H,1-9,11H2. The first-order chi connectivity index (χ1) is 7.14. The summed E-state index contributed by atoms with van der Waals surface area (Å²) in [5.41, 5.74) is 5.31. The molecule has 0 atom stereocenters. The number of hydrogen-bond donors (Lipinski definition) is 2. The molecule has 1 saturated carbocycles. The Labute approximate surface area is 92.7 Å². The highest BCUT2D eigenvalue weighted by Crippen LogP contribution is 2.28. The van der Waals surface area contributed by atoms with Gasteiger partial charge in [-0.3, -0.25) is 0 Å². The van der Waals surface area contributed by atoms with E-state index in [0.717, 1.165) is 18.8 Å². The largest absolute Gasteiger partial charge is 0.330 e. The Morgan fingerprint density at radius 1 is 1.27 bits per heavy atom. The molecule has 1 rings (SSSR count). The van der Waals surface area contributed by atoms with Crippen molar-refractivity contribution in [1.82, 2.24) is 4.72 Å². The third-order valence-corrected chi connectivity index (χ3v) is 4.44. The topological polar surface area (TPSA) is 72.2 Å². The van der Waals surface area contributed by atoms with Crippen LogP contribution < -0.4 is 10.5 Å². The quantitative estimate of drug-likeness (QED) is 0.611. The molecule has 1 aliphatic rings. The fourth-order valence-corrected chi connectivity index (χ4v) is 2.87. The van der Waals surface area contributed by atoms with Crippen LogP contribution in [-0.4, -0.2) is 27.3 Å². The van der Waals surface area contributed by atoms with Gasteiger partial charge < -0.3 is 5.73 Å². The third-order valence-electron chi connectivity index (χ3n) is 2.97. The van der Waals surface area contributed by atoms with Crippen LogP contribution in [0.15, 0.2) is 0 Å². The molecule has 90 valence electrons. The molecule has 0 bridgehead atoms. The van der Waals surface area contributed by atoms with Crippen molar-refractivity contribution in [1.29, 1.82) is 0 Å². The molecule has 0 aliphatic heterocycles. The maximum atomic E-state index is 11.4. The average Bonchev–Trinajstić information content (AvgIpc) is 2.10. The molecule has 0 spiro atoms. The van der Waals surface area contributed by atoms with Crippen LogP contribution in [0.25, 0.3) is 0 Å². The summed E-state index contributed by atoms with van der Waals surface area (Å²) in [7, 11) is -3.04. The number of hydrogen-bond acceptors (Lipinski definition) is 3. The van der Waals surface area contributed by atoms with E-state index in [1.807, 2.05) is 0 Å². The minimum absolute atomic E-state index is 0.217. The third kappa shape index (κ3) is 5.49. The Bertz CT molecular complexity index is 261. The predicted molar refractivity (Wildman–Crippen MR) is 62.0 cm³/mol. The highest BCUT2D eigenvalue weighted by Gasteiger charge is 2.17. The lowest BCUT2D eigenvalue weighted by atomic mass is 9.83. The Morgan fingerprint density at radius 3 is 2.53 bits per heavy atom. The molecule has 0 radical (unpaired) electrons. The van der Waals surface area contributed by atoms with E-state index in [1.165, 1.54) is 19.3 Å². The van der Waals surface area contributed by atoms with E-state index in [0.29, 0.717) is 19.5 Å². The molecule has 0 unspecified atom stereocenters. The lowest BCUT2D eigenvalue weighted by molar-refractivity contribution is 0.297. The van der Waals surface area contributed by atoms with Gasteiger partial charge in [-0.05, 0) is 31.7 Å². The van der Waals surface area contributed by atoms with Crippen molar-refractivity contribution in [2.45, 2.75) is 38.5 Å². The van der Waals surface area contributed by atoms with Gasteiger partial charge in [-0.2, -0.15) is 0 Å². The zero-order chi connectivity index (χ0) is 11.1. The van der Waals surface area contributed by atoms with Crippen molar-refractivity contribution < 1.29 is 8.42 Å².